The van der Waals surface area contributed by atoms with E-state index in [2.05, 4.69) is 16.5 Å². The summed E-state index contributed by atoms with van der Waals surface area (Å²) in [6.07, 6.45) is 2.54. The third kappa shape index (κ3) is 3.04. The third-order valence-electron chi connectivity index (χ3n) is 5.33. The zero-order valence-corrected chi connectivity index (χ0v) is 16.7. The summed E-state index contributed by atoms with van der Waals surface area (Å²) in [5.74, 6) is 1.02. The highest BCUT2D eigenvalue weighted by molar-refractivity contribution is 7.89. The van der Waals surface area contributed by atoms with Crippen LogP contribution in [0.1, 0.15) is 36.2 Å². The second-order valence-corrected chi connectivity index (χ2v) is 9.08. The molecule has 2 aromatic heterocycles. The van der Waals surface area contributed by atoms with Crippen molar-refractivity contribution in [1.29, 1.82) is 0 Å². The number of fused-ring (bicyclic) bond motifs is 1. The number of sulfonamides is 1. The van der Waals surface area contributed by atoms with E-state index in [-0.39, 0.29) is 5.92 Å². The number of hydrogen-bond donors (Lipinski definition) is 0. The van der Waals surface area contributed by atoms with E-state index in [4.69, 9.17) is 4.98 Å². The Hall–Kier alpha value is -2.25. The molecule has 1 atom stereocenters. The van der Waals surface area contributed by atoms with E-state index in [9.17, 15) is 8.42 Å². The molecule has 7 heteroatoms. The van der Waals surface area contributed by atoms with Crippen LogP contribution in [0.5, 0.6) is 0 Å². The number of aryl methyl sites for hydroxylation is 3. The summed E-state index contributed by atoms with van der Waals surface area (Å²) in [4.78, 5) is 9.63. The van der Waals surface area contributed by atoms with Gasteiger partial charge in [-0.15, -0.1) is 0 Å². The molecular weight excluding hydrogens is 360 g/mol. The molecule has 1 fully saturated rings. The fraction of sp³-hybridized carbons (Fsp3) is 0.400. The zero-order valence-electron chi connectivity index (χ0n) is 15.9. The largest absolute Gasteiger partial charge is 0.313 e. The van der Waals surface area contributed by atoms with Gasteiger partial charge in [0, 0.05) is 31.7 Å². The lowest BCUT2D eigenvalue weighted by atomic mass is 10.1. The molecule has 4 rings (SSSR count). The lowest BCUT2D eigenvalue weighted by molar-refractivity contribution is 0.469. The number of hydrogen-bond acceptors (Lipinski definition) is 4. The highest BCUT2D eigenvalue weighted by Gasteiger charge is 2.36. The maximum atomic E-state index is 13.2. The van der Waals surface area contributed by atoms with E-state index in [1.54, 1.807) is 16.6 Å². The lowest BCUT2D eigenvalue weighted by Gasteiger charge is -2.18. The van der Waals surface area contributed by atoms with Crippen molar-refractivity contribution >= 4 is 21.2 Å². The van der Waals surface area contributed by atoms with Crippen LogP contribution in [0.2, 0.25) is 0 Å². The molecule has 1 aromatic carbocycles. The van der Waals surface area contributed by atoms with Crippen molar-refractivity contribution in [2.75, 3.05) is 13.1 Å². The summed E-state index contributed by atoms with van der Waals surface area (Å²) in [7, 11) is -3.50. The first kappa shape index (κ1) is 18.1. The van der Waals surface area contributed by atoms with Crippen LogP contribution in [0.4, 0.5) is 0 Å². The van der Waals surface area contributed by atoms with Crippen LogP contribution in [0.3, 0.4) is 0 Å². The molecule has 27 heavy (non-hydrogen) atoms. The van der Waals surface area contributed by atoms with Crippen molar-refractivity contribution in [2.45, 2.75) is 44.6 Å². The van der Waals surface area contributed by atoms with E-state index in [0.717, 1.165) is 41.1 Å². The Labute approximate surface area is 159 Å². The van der Waals surface area contributed by atoms with Gasteiger partial charge in [0.2, 0.25) is 10.0 Å². The molecular formula is C20H24N4O2S. The molecule has 0 N–H and O–H groups in total. The number of nitrogens with zero attached hydrogens (tertiary/aromatic N) is 4. The van der Waals surface area contributed by atoms with Crippen molar-refractivity contribution in [3.05, 3.63) is 53.5 Å². The average molecular weight is 385 g/mol. The van der Waals surface area contributed by atoms with E-state index in [0.29, 0.717) is 18.0 Å². The molecule has 142 valence electrons. The Kier molecular flexibility index (Phi) is 4.52. The maximum Gasteiger partial charge on any atom is 0.243 e. The van der Waals surface area contributed by atoms with Gasteiger partial charge >= 0.3 is 0 Å². The van der Waals surface area contributed by atoms with Gasteiger partial charge in [-0.1, -0.05) is 12.1 Å². The molecule has 0 bridgehead atoms. The number of rotatable bonds is 4. The summed E-state index contributed by atoms with van der Waals surface area (Å²) in [5, 5.41) is 0. The molecule has 1 saturated heterocycles. The minimum absolute atomic E-state index is 0.0824. The second kappa shape index (κ2) is 6.73. The quantitative estimate of drug-likeness (QED) is 0.692. The Morgan fingerprint density at radius 2 is 2.04 bits per heavy atom. The molecule has 0 spiro atoms. The topological polar surface area (TPSA) is 68.1 Å². The van der Waals surface area contributed by atoms with Crippen molar-refractivity contribution < 1.29 is 8.42 Å². The van der Waals surface area contributed by atoms with Gasteiger partial charge in [-0.2, -0.15) is 4.31 Å². The normalized spacial score (nSPS) is 18.4. The molecule has 0 saturated carbocycles. The van der Waals surface area contributed by atoms with E-state index in [1.165, 1.54) is 0 Å². The summed E-state index contributed by atoms with van der Waals surface area (Å²) in [6, 6.07) is 9.42. The van der Waals surface area contributed by atoms with Gasteiger partial charge < -0.3 is 4.57 Å². The Morgan fingerprint density at radius 1 is 1.22 bits per heavy atom. The van der Waals surface area contributed by atoms with Gasteiger partial charge in [0.15, 0.2) is 5.65 Å². The van der Waals surface area contributed by atoms with Crippen molar-refractivity contribution in [2.24, 2.45) is 0 Å². The number of pyridine rings is 1. The first-order chi connectivity index (χ1) is 12.9. The number of benzene rings is 1. The van der Waals surface area contributed by atoms with Crippen LogP contribution < -0.4 is 0 Å². The SMILES string of the molecule is CCn1c([C@@H]2CCN(S(=O)(=O)c3cc(C)ccc3C)C2)nc2cccnc21. The van der Waals surface area contributed by atoms with E-state index in [1.807, 2.05) is 38.1 Å². The Morgan fingerprint density at radius 3 is 2.81 bits per heavy atom. The molecule has 0 amide bonds. The molecule has 3 heterocycles. The molecule has 0 aliphatic carbocycles. The average Bonchev–Trinajstić information content (AvgIpc) is 3.28. The Balaban J connectivity index is 1.67. The first-order valence-electron chi connectivity index (χ1n) is 9.30. The first-order valence-corrected chi connectivity index (χ1v) is 10.7. The molecule has 6 nitrogen and oxygen atoms in total. The predicted octanol–water partition coefficient (Wildman–Crippen LogP) is 3.25. The van der Waals surface area contributed by atoms with Gasteiger partial charge in [-0.25, -0.2) is 18.4 Å². The highest BCUT2D eigenvalue weighted by Crippen LogP contribution is 2.33. The van der Waals surface area contributed by atoms with E-state index >= 15 is 0 Å². The molecule has 0 unspecified atom stereocenters. The van der Waals surface area contributed by atoms with Crippen molar-refractivity contribution in [1.82, 2.24) is 18.8 Å². The fourth-order valence-corrected chi connectivity index (χ4v) is 5.69. The van der Waals surface area contributed by atoms with Gasteiger partial charge in [0.1, 0.15) is 11.3 Å². The summed E-state index contributed by atoms with van der Waals surface area (Å²) >= 11 is 0. The van der Waals surface area contributed by atoms with Crippen LogP contribution >= 0.6 is 0 Å². The van der Waals surface area contributed by atoms with Gasteiger partial charge in [0.05, 0.1) is 4.90 Å². The van der Waals surface area contributed by atoms with Crippen LogP contribution in [0.15, 0.2) is 41.4 Å². The van der Waals surface area contributed by atoms with Gasteiger partial charge in [-0.3, -0.25) is 0 Å². The molecule has 1 aliphatic rings. The van der Waals surface area contributed by atoms with Crippen molar-refractivity contribution in [3.8, 4) is 0 Å². The predicted molar refractivity (Wildman–Crippen MR) is 105 cm³/mol. The Bertz CT molecular complexity index is 1100. The summed E-state index contributed by atoms with van der Waals surface area (Å²) < 4.78 is 30.1. The standard InChI is InChI=1S/C20H24N4O2S/c1-4-24-19(22-17-6-5-10-21-20(17)24)16-9-11-23(13-16)27(25,26)18-12-14(2)7-8-15(18)3/h5-8,10,12,16H,4,9,11,13H2,1-3H3/t16-/m1/s1. The summed E-state index contributed by atoms with van der Waals surface area (Å²) in [6.45, 7) is 7.58. The maximum absolute atomic E-state index is 13.2. The number of aromatic nitrogens is 3. The van der Waals surface area contributed by atoms with Crippen LogP contribution in [-0.4, -0.2) is 40.3 Å². The van der Waals surface area contributed by atoms with E-state index < -0.39 is 10.0 Å². The number of imidazole rings is 1. The zero-order chi connectivity index (χ0) is 19.2. The minimum atomic E-state index is -3.50. The molecule has 3 aromatic rings. The smallest absolute Gasteiger partial charge is 0.243 e. The third-order valence-corrected chi connectivity index (χ3v) is 7.33. The van der Waals surface area contributed by atoms with Crippen molar-refractivity contribution in [3.63, 3.8) is 0 Å². The van der Waals surface area contributed by atoms with Gasteiger partial charge in [0.25, 0.3) is 0 Å². The monoisotopic (exact) mass is 384 g/mol. The second-order valence-electron chi connectivity index (χ2n) is 7.18. The molecule has 1 aliphatic heterocycles. The van der Waals surface area contributed by atoms with Crippen LogP contribution in [0, 0.1) is 13.8 Å². The summed E-state index contributed by atoms with van der Waals surface area (Å²) in [5.41, 5.74) is 3.47. The van der Waals surface area contributed by atoms with Gasteiger partial charge in [-0.05, 0) is 56.5 Å². The van der Waals surface area contributed by atoms with Crippen LogP contribution in [0.25, 0.3) is 11.2 Å². The highest BCUT2D eigenvalue weighted by atomic mass is 32.2. The molecule has 0 radical (unpaired) electrons. The van der Waals surface area contributed by atoms with Crippen LogP contribution in [-0.2, 0) is 16.6 Å². The lowest BCUT2D eigenvalue weighted by Crippen LogP contribution is -2.29. The fourth-order valence-electron chi connectivity index (χ4n) is 3.88. The minimum Gasteiger partial charge on any atom is -0.313 e.